The number of rotatable bonds is 4. The first-order valence-corrected chi connectivity index (χ1v) is 8.36. The lowest BCUT2D eigenvalue weighted by molar-refractivity contribution is -0.134. The minimum absolute atomic E-state index is 0.318. The Bertz CT molecular complexity index is 832. The van der Waals surface area contributed by atoms with Gasteiger partial charge in [0.15, 0.2) is 6.61 Å². The molecule has 0 N–H and O–H groups in total. The van der Waals surface area contributed by atoms with Crippen LogP contribution in [0.1, 0.15) is 10.4 Å². The second kappa shape index (κ2) is 8.11. The molecule has 0 unspecified atom stereocenters. The molecule has 0 spiro atoms. The molecule has 0 atom stereocenters. The number of hydrogen-bond donors (Lipinski definition) is 0. The molecule has 5 nitrogen and oxygen atoms in total. The molecule has 1 fully saturated rings. The highest BCUT2D eigenvalue weighted by atomic mass is 19.1. The third-order valence-electron chi connectivity index (χ3n) is 4.32. The zero-order chi connectivity index (χ0) is 19.4. The zero-order valence-electron chi connectivity index (χ0n) is 14.3. The van der Waals surface area contributed by atoms with Gasteiger partial charge in [-0.1, -0.05) is 18.2 Å². The van der Waals surface area contributed by atoms with E-state index in [2.05, 4.69) is 0 Å². The van der Waals surface area contributed by atoms with Crippen molar-refractivity contribution in [1.82, 2.24) is 4.90 Å². The van der Waals surface area contributed by atoms with Crippen molar-refractivity contribution in [1.29, 1.82) is 0 Å². The molecular formula is C19H17F3N2O3. The number of nitrogens with zero attached hydrogens (tertiary/aromatic N) is 2. The summed E-state index contributed by atoms with van der Waals surface area (Å²) in [5, 5.41) is 0. The summed E-state index contributed by atoms with van der Waals surface area (Å²) >= 11 is 0. The van der Waals surface area contributed by atoms with E-state index in [9.17, 15) is 22.8 Å². The summed E-state index contributed by atoms with van der Waals surface area (Å²) in [6.45, 7) is 0.856. The molecule has 3 rings (SSSR count). The van der Waals surface area contributed by atoms with Crippen LogP contribution in [-0.4, -0.2) is 49.6 Å². The third-order valence-corrected chi connectivity index (χ3v) is 4.32. The molecule has 0 aromatic heterocycles. The van der Waals surface area contributed by atoms with E-state index in [1.54, 1.807) is 18.2 Å². The number of ether oxygens (including phenoxy) is 1. The maximum atomic E-state index is 13.8. The standard InChI is InChI=1S/C19H17F3N2O3/c20-13-4-1-2-7-16(13)23-8-10-24(11-9-23)17(25)12-27-19(26)18-14(21)5-3-6-15(18)22/h1-7H,8-12H2. The monoisotopic (exact) mass is 378 g/mol. The molecule has 0 saturated carbocycles. The summed E-state index contributed by atoms with van der Waals surface area (Å²) in [6, 6.07) is 9.36. The van der Waals surface area contributed by atoms with E-state index in [1.807, 2.05) is 4.90 Å². The van der Waals surface area contributed by atoms with Crippen LogP contribution < -0.4 is 4.90 Å². The van der Waals surface area contributed by atoms with Crippen molar-refractivity contribution < 1.29 is 27.5 Å². The van der Waals surface area contributed by atoms with Crippen LogP contribution in [0.5, 0.6) is 0 Å². The van der Waals surface area contributed by atoms with Gasteiger partial charge < -0.3 is 14.5 Å². The van der Waals surface area contributed by atoms with Gasteiger partial charge in [0.2, 0.25) is 0 Å². The van der Waals surface area contributed by atoms with Crippen molar-refractivity contribution >= 4 is 17.6 Å². The van der Waals surface area contributed by atoms with Crippen LogP contribution >= 0.6 is 0 Å². The maximum absolute atomic E-state index is 13.8. The number of hydrogen-bond acceptors (Lipinski definition) is 4. The summed E-state index contributed by atoms with van der Waals surface area (Å²) in [6.07, 6.45) is 0. The Hall–Kier alpha value is -3.03. The topological polar surface area (TPSA) is 49.9 Å². The van der Waals surface area contributed by atoms with Crippen molar-refractivity contribution in [3.8, 4) is 0 Å². The number of esters is 1. The van der Waals surface area contributed by atoms with Crippen molar-refractivity contribution in [2.75, 3.05) is 37.7 Å². The van der Waals surface area contributed by atoms with Gasteiger partial charge in [0.1, 0.15) is 23.0 Å². The van der Waals surface area contributed by atoms with Gasteiger partial charge in [-0.25, -0.2) is 18.0 Å². The van der Waals surface area contributed by atoms with Gasteiger partial charge in [0, 0.05) is 26.2 Å². The molecule has 142 valence electrons. The van der Waals surface area contributed by atoms with Crippen molar-refractivity contribution in [2.24, 2.45) is 0 Å². The van der Waals surface area contributed by atoms with Crippen LogP contribution in [0, 0.1) is 17.5 Å². The Morgan fingerprint density at radius 1 is 0.852 bits per heavy atom. The predicted octanol–water partition coefficient (Wildman–Crippen LogP) is 2.61. The van der Waals surface area contributed by atoms with E-state index < -0.39 is 35.7 Å². The first kappa shape index (κ1) is 18.8. The number of carbonyl (C=O) groups is 2. The molecule has 2 aromatic rings. The van der Waals surface area contributed by atoms with E-state index in [1.165, 1.54) is 11.0 Å². The summed E-state index contributed by atoms with van der Waals surface area (Å²) in [4.78, 5) is 27.3. The Morgan fingerprint density at radius 2 is 1.44 bits per heavy atom. The Labute approximate surface area is 153 Å². The highest BCUT2D eigenvalue weighted by Crippen LogP contribution is 2.20. The lowest BCUT2D eigenvalue weighted by Crippen LogP contribution is -2.50. The van der Waals surface area contributed by atoms with Crippen molar-refractivity contribution in [3.05, 3.63) is 65.5 Å². The molecule has 8 heteroatoms. The minimum atomic E-state index is -1.23. The predicted molar refractivity (Wildman–Crippen MR) is 91.8 cm³/mol. The number of halogens is 3. The third kappa shape index (κ3) is 4.21. The van der Waals surface area contributed by atoms with Crippen LogP contribution in [0.25, 0.3) is 0 Å². The number of benzene rings is 2. The molecule has 1 saturated heterocycles. The number of para-hydroxylation sites is 1. The van der Waals surface area contributed by atoms with Gasteiger partial charge in [-0.3, -0.25) is 4.79 Å². The molecule has 0 aliphatic carbocycles. The summed E-state index contributed by atoms with van der Waals surface area (Å²) in [5.41, 5.74) is -0.360. The number of piperazine rings is 1. The Balaban J connectivity index is 1.53. The number of anilines is 1. The first-order valence-electron chi connectivity index (χ1n) is 8.36. The average Bonchev–Trinajstić information content (AvgIpc) is 2.66. The van der Waals surface area contributed by atoms with Gasteiger partial charge in [-0.2, -0.15) is 0 Å². The molecule has 1 amide bonds. The van der Waals surface area contributed by atoms with Crippen LogP contribution in [0.3, 0.4) is 0 Å². The number of carbonyl (C=O) groups excluding carboxylic acids is 2. The van der Waals surface area contributed by atoms with Gasteiger partial charge in [0.25, 0.3) is 5.91 Å². The van der Waals surface area contributed by atoms with Crippen LogP contribution in [0.15, 0.2) is 42.5 Å². The van der Waals surface area contributed by atoms with E-state index in [0.29, 0.717) is 31.9 Å². The molecule has 1 aliphatic heterocycles. The fraction of sp³-hybridized carbons (Fsp3) is 0.263. The smallest absolute Gasteiger partial charge is 0.344 e. The number of amides is 1. The van der Waals surface area contributed by atoms with Crippen LogP contribution in [0.2, 0.25) is 0 Å². The highest BCUT2D eigenvalue weighted by Gasteiger charge is 2.25. The molecule has 0 radical (unpaired) electrons. The zero-order valence-corrected chi connectivity index (χ0v) is 14.3. The van der Waals surface area contributed by atoms with Gasteiger partial charge in [-0.15, -0.1) is 0 Å². The fourth-order valence-corrected chi connectivity index (χ4v) is 2.89. The van der Waals surface area contributed by atoms with Crippen LogP contribution in [0.4, 0.5) is 18.9 Å². The van der Waals surface area contributed by atoms with E-state index in [0.717, 1.165) is 18.2 Å². The lowest BCUT2D eigenvalue weighted by Gasteiger charge is -2.36. The molecule has 1 aliphatic rings. The average molecular weight is 378 g/mol. The molecule has 2 aromatic carbocycles. The second-order valence-corrected chi connectivity index (χ2v) is 5.99. The van der Waals surface area contributed by atoms with Gasteiger partial charge in [-0.05, 0) is 24.3 Å². The van der Waals surface area contributed by atoms with Gasteiger partial charge in [0.05, 0.1) is 5.69 Å². The van der Waals surface area contributed by atoms with Crippen molar-refractivity contribution in [2.45, 2.75) is 0 Å². The van der Waals surface area contributed by atoms with E-state index in [-0.39, 0.29) is 5.82 Å². The Morgan fingerprint density at radius 3 is 2.07 bits per heavy atom. The largest absolute Gasteiger partial charge is 0.452 e. The molecular weight excluding hydrogens is 361 g/mol. The lowest BCUT2D eigenvalue weighted by atomic mass is 10.2. The highest BCUT2D eigenvalue weighted by molar-refractivity contribution is 5.91. The summed E-state index contributed by atoms with van der Waals surface area (Å²) in [7, 11) is 0. The van der Waals surface area contributed by atoms with Crippen LogP contribution in [-0.2, 0) is 9.53 Å². The first-order chi connectivity index (χ1) is 13.0. The maximum Gasteiger partial charge on any atom is 0.344 e. The van der Waals surface area contributed by atoms with Crippen molar-refractivity contribution in [3.63, 3.8) is 0 Å². The van der Waals surface area contributed by atoms with E-state index >= 15 is 0 Å². The molecule has 1 heterocycles. The second-order valence-electron chi connectivity index (χ2n) is 5.99. The SMILES string of the molecule is O=C(OCC(=O)N1CCN(c2ccccc2F)CC1)c1c(F)cccc1F. The molecule has 0 bridgehead atoms. The minimum Gasteiger partial charge on any atom is -0.452 e. The molecule has 27 heavy (non-hydrogen) atoms. The Kier molecular flexibility index (Phi) is 5.63. The normalized spacial score (nSPS) is 14.2. The fourth-order valence-electron chi connectivity index (χ4n) is 2.89. The van der Waals surface area contributed by atoms with Gasteiger partial charge >= 0.3 is 5.97 Å². The van der Waals surface area contributed by atoms with E-state index in [4.69, 9.17) is 4.74 Å². The quantitative estimate of drug-likeness (QED) is 0.768. The summed E-state index contributed by atoms with van der Waals surface area (Å²) in [5.74, 6) is -4.15. The summed E-state index contributed by atoms with van der Waals surface area (Å²) < 4.78 is 45.7.